The molecular formula is C12H18FN3S. The van der Waals surface area contributed by atoms with Crippen molar-refractivity contribution in [1.82, 2.24) is 4.90 Å². The quantitative estimate of drug-likeness (QED) is 0.761. The predicted octanol–water partition coefficient (Wildman–Crippen LogP) is 1.82. The van der Waals surface area contributed by atoms with Gasteiger partial charge < -0.3 is 16.0 Å². The van der Waals surface area contributed by atoms with Crippen LogP contribution in [0.2, 0.25) is 0 Å². The number of nitrogens with two attached hydrogens (primary N) is 1. The summed E-state index contributed by atoms with van der Waals surface area (Å²) >= 11 is 4.74. The number of hydrogen-bond donors (Lipinski definition) is 2. The molecule has 0 aliphatic rings. The van der Waals surface area contributed by atoms with E-state index in [4.69, 9.17) is 18.0 Å². The van der Waals surface area contributed by atoms with E-state index in [0.29, 0.717) is 0 Å². The molecule has 1 rings (SSSR count). The Morgan fingerprint density at radius 2 is 2.24 bits per heavy atom. The smallest absolute Gasteiger partial charge is 0.135 e. The summed E-state index contributed by atoms with van der Waals surface area (Å²) in [4.78, 5) is 2.26. The first-order valence-corrected chi connectivity index (χ1v) is 5.97. The minimum Gasteiger partial charge on any atom is -0.389 e. The van der Waals surface area contributed by atoms with E-state index in [1.54, 1.807) is 12.1 Å². The van der Waals surface area contributed by atoms with Gasteiger partial charge in [0.15, 0.2) is 0 Å². The molecule has 0 saturated heterocycles. The Balaban J connectivity index is 2.56. The van der Waals surface area contributed by atoms with Gasteiger partial charge in [0.25, 0.3) is 0 Å². The van der Waals surface area contributed by atoms with Crippen LogP contribution in [-0.4, -0.2) is 36.6 Å². The molecule has 3 nitrogen and oxygen atoms in total. The van der Waals surface area contributed by atoms with Crippen LogP contribution in [0.3, 0.4) is 0 Å². The van der Waals surface area contributed by atoms with Crippen molar-refractivity contribution < 1.29 is 4.39 Å². The Kier molecular flexibility index (Phi) is 5.31. The second kappa shape index (κ2) is 6.51. The van der Waals surface area contributed by atoms with Gasteiger partial charge in [-0.25, -0.2) is 4.39 Å². The van der Waals surface area contributed by atoms with Gasteiger partial charge >= 0.3 is 0 Å². The summed E-state index contributed by atoms with van der Waals surface area (Å²) in [5.41, 5.74) is 6.42. The van der Waals surface area contributed by atoms with Gasteiger partial charge in [-0.1, -0.05) is 19.1 Å². The first-order valence-electron chi connectivity index (χ1n) is 5.56. The third-order valence-corrected chi connectivity index (χ3v) is 2.82. The molecule has 1 aromatic rings. The number of benzene rings is 1. The van der Waals surface area contributed by atoms with Crippen molar-refractivity contribution in [3.63, 3.8) is 0 Å². The third kappa shape index (κ3) is 4.28. The monoisotopic (exact) mass is 255 g/mol. The van der Waals surface area contributed by atoms with Crippen molar-refractivity contribution >= 4 is 22.9 Å². The molecule has 0 atom stereocenters. The Hall–Kier alpha value is -1.20. The van der Waals surface area contributed by atoms with Gasteiger partial charge in [-0.2, -0.15) is 0 Å². The van der Waals surface area contributed by atoms with E-state index in [1.165, 1.54) is 6.07 Å². The van der Waals surface area contributed by atoms with Gasteiger partial charge in [-0.3, -0.25) is 0 Å². The summed E-state index contributed by atoms with van der Waals surface area (Å²) < 4.78 is 13.5. The molecule has 3 N–H and O–H groups in total. The fraction of sp³-hybridized carbons (Fsp3) is 0.417. The van der Waals surface area contributed by atoms with Crippen LogP contribution in [0.15, 0.2) is 18.2 Å². The van der Waals surface area contributed by atoms with Crippen LogP contribution in [0.4, 0.5) is 10.1 Å². The molecule has 0 radical (unpaired) electrons. The van der Waals surface area contributed by atoms with Crippen LogP contribution >= 0.6 is 12.2 Å². The maximum atomic E-state index is 13.5. The Bertz CT molecular complexity index is 395. The minimum absolute atomic E-state index is 0.0831. The van der Waals surface area contributed by atoms with Crippen molar-refractivity contribution in [2.45, 2.75) is 6.92 Å². The van der Waals surface area contributed by atoms with Crippen LogP contribution in [0.1, 0.15) is 12.5 Å². The molecule has 0 fully saturated rings. The Morgan fingerprint density at radius 3 is 2.76 bits per heavy atom. The number of anilines is 1. The lowest BCUT2D eigenvalue weighted by Crippen LogP contribution is -2.24. The molecule has 0 heterocycles. The zero-order valence-corrected chi connectivity index (χ0v) is 11.0. The highest BCUT2D eigenvalue weighted by atomic mass is 32.1. The van der Waals surface area contributed by atoms with Crippen molar-refractivity contribution in [1.29, 1.82) is 0 Å². The second-order valence-corrected chi connectivity index (χ2v) is 4.32. The zero-order valence-electron chi connectivity index (χ0n) is 10.2. The maximum absolute atomic E-state index is 13.5. The van der Waals surface area contributed by atoms with E-state index in [2.05, 4.69) is 17.1 Å². The molecule has 0 amide bonds. The van der Waals surface area contributed by atoms with Gasteiger partial charge in [-0.05, 0) is 31.8 Å². The third-order valence-electron chi connectivity index (χ3n) is 2.60. The average Bonchev–Trinajstić information content (AvgIpc) is 2.28. The highest BCUT2D eigenvalue weighted by Crippen LogP contribution is 2.14. The fourth-order valence-corrected chi connectivity index (χ4v) is 1.54. The lowest BCUT2D eigenvalue weighted by atomic mass is 10.2. The molecule has 0 saturated carbocycles. The summed E-state index contributed by atoms with van der Waals surface area (Å²) in [5.74, 6) is -0.383. The molecule has 0 aliphatic carbocycles. The number of likely N-dealkylation sites (N-methyl/N-ethyl adjacent to an activating group) is 1. The normalized spacial score (nSPS) is 10.6. The molecule has 0 bridgehead atoms. The minimum atomic E-state index is -0.383. The largest absolute Gasteiger partial charge is 0.389 e. The summed E-state index contributed by atoms with van der Waals surface area (Å²) in [6, 6.07) is 4.80. The maximum Gasteiger partial charge on any atom is 0.135 e. The molecule has 1 aromatic carbocycles. The first-order chi connectivity index (χ1) is 8.04. The highest BCUT2D eigenvalue weighted by molar-refractivity contribution is 7.80. The number of hydrogen-bond acceptors (Lipinski definition) is 3. The van der Waals surface area contributed by atoms with Crippen molar-refractivity contribution in [2.75, 3.05) is 32.0 Å². The van der Waals surface area contributed by atoms with Crippen LogP contribution in [0.5, 0.6) is 0 Å². The SMILES string of the molecule is CCN(C)CCNc1ccc(C(N)=S)c(F)c1. The van der Waals surface area contributed by atoms with Crippen molar-refractivity contribution in [2.24, 2.45) is 5.73 Å². The summed E-state index contributed by atoms with van der Waals surface area (Å²) in [5, 5.41) is 3.15. The van der Waals surface area contributed by atoms with E-state index in [9.17, 15) is 4.39 Å². The number of nitrogens with one attached hydrogen (secondary N) is 1. The molecular weight excluding hydrogens is 237 g/mol. The van der Waals surface area contributed by atoms with Crippen LogP contribution in [0.25, 0.3) is 0 Å². The predicted molar refractivity (Wildman–Crippen MR) is 73.9 cm³/mol. The Morgan fingerprint density at radius 1 is 1.53 bits per heavy atom. The molecule has 0 unspecified atom stereocenters. The van der Waals surface area contributed by atoms with Crippen LogP contribution < -0.4 is 11.1 Å². The van der Waals surface area contributed by atoms with Gasteiger partial charge in [0.2, 0.25) is 0 Å². The lowest BCUT2D eigenvalue weighted by Gasteiger charge is -2.15. The van der Waals surface area contributed by atoms with E-state index < -0.39 is 0 Å². The number of nitrogens with zero attached hydrogens (tertiary/aromatic N) is 1. The van der Waals surface area contributed by atoms with Crippen LogP contribution in [-0.2, 0) is 0 Å². The van der Waals surface area contributed by atoms with Gasteiger partial charge in [0.1, 0.15) is 10.8 Å². The fourth-order valence-electron chi connectivity index (χ4n) is 1.37. The molecule has 0 spiro atoms. The van der Waals surface area contributed by atoms with Crippen molar-refractivity contribution in [3.8, 4) is 0 Å². The van der Waals surface area contributed by atoms with Crippen molar-refractivity contribution in [3.05, 3.63) is 29.6 Å². The summed E-state index contributed by atoms with van der Waals surface area (Å²) in [7, 11) is 2.04. The summed E-state index contributed by atoms with van der Waals surface area (Å²) in [6.07, 6.45) is 0. The lowest BCUT2D eigenvalue weighted by molar-refractivity contribution is 0.367. The Labute approximate surface area is 107 Å². The summed E-state index contributed by atoms with van der Waals surface area (Å²) in [6.45, 7) is 4.78. The van der Waals surface area contributed by atoms with E-state index in [1.807, 2.05) is 7.05 Å². The molecule has 17 heavy (non-hydrogen) atoms. The zero-order chi connectivity index (χ0) is 12.8. The molecule has 94 valence electrons. The standard InChI is InChI=1S/C12H18FN3S/c1-3-16(2)7-6-15-9-4-5-10(12(14)17)11(13)8-9/h4-5,8,15H,3,6-7H2,1-2H3,(H2,14,17). The topological polar surface area (TPSA) is 41.3 Å². The molecule has 5 heteroatoms. The molecule has 0 aromatic heterocycles. The number of thiocarbonyl (C=S) groups is 1. The molecule has 0 aliphatic heterocycles. The van der Waals surface area contributed by atoms with Gasteiger partial charge in [-0.15, -0.1) is 0 Å². The van der Waals surface area contributed by atoms with Gasteiger partial charge in [0.05, 0.1) is 0 Å². The average molecular weight is 255 g/mol. The second-order valence-electron chi connectivity index (χ2n) is 3.88. The van der Waals surface area contributed by atoms with E-state index in [0.717, 1.165) is 25.3 Å². The first kappa shape index (κ1) is 13.9. The van der Waals surface area contributed by atoms with E-state index >= 15 is 0 Å². The number of rotatable bonds is 6. The number of halogens is 1. The highest BCUT2D eigenvalue weighted by Gasteiger charge is 2.05. The van der Waals surface area contributed by atoms with Gasteiger partial charge in [0, 0.05) is 24.3 Å². The van der Waals surface area contributed by atoms with Crippen LogP contribution in [0, 0.1) is 5.82 Å². The van der Waals surface area contributed by atoms with E-state index in [-0.39, 0.29) is 16.4 Å².